The molecule has 2 N–H and O–H groups in total. The molecule has 1 aliphatic carbocycles. The summed E-state index contributed by atoms with van der Waals surface area (Å²) < 4.78 is 33.9. The molecule has 0 radical (unpaired) electrons. The van der Waals surface area contributed by atoms with E-state index >= 15 is 0 Å². The lowest BCUT2D eigenvalue weighted by Gasteiger charge is -2.27. The molecular formula is C27H35N3O4S. The van der Waals surface area contributed by atoms with Crippen molar-refractivity contribution in [1.82, 2.24) is 9.62 Å². The standard InChI is InChI=1S/C27H35N3O4S/c1-21-7-9-23(10-8-21)20-29-25-12-11-24(27(31)28-14-13-22-5-3-2-4-6-22)19-26(25)35(32,33)30-15-17-34-18-16-30/h5,7-12,19,29H,2-4,6,13-18,20H2,1H3,(H,28,31). The van der Waals surface area contributed by atoms with Crippen LogP contribution in [0.15, 0.2) is 59.0 Å². The fourth-order valence-electron chi connectivity index (χ4n) is 4.42. The van der Waals surface area contributed by atoms with Gasteiger partial charge in [-0.3, -0.25) is 4.79 Å². The minimum absolute atomic E-state index is 0.120. The van der Waals surface area contributed by atoms with E-state index in [0.29, 0.717) is 50.6 Å². The van der Waals surface area contributed by atoms with Gasteiger partial charge in [0.15, 0.2) is 0 Å². The average Bonchev–Trinajstić information content (AvgIpc) is 2.89. The Hall–Kier alpha value is -2.68. The number of hydrogen-bond donors (Lipinski definition) is 2. The fourth-order valence-corrected chi connectivity index (χ4v) is 6.02. The highest BCUT2D eigenvalue weighted by Crippen LogP contribution is 2.28. The first-order chi connectivity index (χ1) is 16.9. The molecule has 1 fully saturated rings. The van der Waals surface area contributed by atoms with Crippen LogP contribution in [0.4, 0.5) is 5.69 Å². The van der Waals surface area contributed by atoms with E-state index in [9.17, 15) is 13.2 Å². The first-order valence-corrected chi connectivity index (χ1v) is 13.8. The number of morpholine rings is 1. The van der Waals surface area contributed by atoms with E-state index in [4.69, 9.17) is 4.74 Å². The summed E-state index contributed by atoms with van der Waals surface area (Å²) in [5.41, 5.74) is 4.43. The molecule has 7 nitrogen and oxygen atoms in total. The number of nitrogens with zero attached hydrogens (tertiary/aromatic N) is 1. The highest BCUT2D eigenvalue weighted by molar-refractivity contribution is 7.89. The number of allylic oxidation sites excluding steroid dienone is 1. The highest BCUT2D eigenvalue weighted by Gasteiger charge is 2.29. The van der Waals surface area contributed by atoms with Crippen molar-refractivity contribution in [3.8, 4) is 0 Å². The van der Waals surface area contributed by atoms with Gasteiger partial charge in [0.05, 0.1) is 18.9 Å². The number of ether oxygens (including phenoxy) is 1. The minimum atomic E-state index is -3.80. The van der Waals surface area contributed by atoms with Crippen molar-refractivity contribution in [1.29, 1.82) is 0 Å². The van der Waals surface area contributed by atoms with E-state index in [1.165, 1.54) is 34.3 Å². The Bertz CT molecular complexity index is 1150. The summed E-state index contributed by atoms with van der Waals surface area (Å²) in [6.45, 7) is 4.37. The molecule has 0 aromatic heterocycles. The maximum absolute atomic E-state index is 13.6. The molecule has 2 aromatic rings. The van der Waals surface area contributed by atoms with E-state index in [1.807, 2.05) is 31.2 Å². The highest BCUT2D eigenvalue weighted by atomic mass is 32.2. The Morgan fingerprint density at radius 2 is 1.83 bits per heavy atom. The second-order valence-electron chi connectivity index (χ2n) is 9.18. The number of anilines is 1. The van der Waals surface area contributed by atoms with Crippen LogP contribution in [0, 0.1) is 6.92 Å². The molecule has 1 amide bonds. The average molecular weight is 498 g/mol. The first-order valence-electron chi connectivity index (χ1n) is 12.4. The molecule has 0 unspecified atom stereocenters. The van der Waals surface area contributed by atoms with Crippen LogP contribution in [0.1, 0.15) is 53.6 Å². The summed E-state index contributed by atoms with van der Waals surface area (Å²) in [5.74, 6) is -0.259. The molecule has 1 saturated heterocycles. The predicted octanol–water partition coefficient (Wildman–Crippen LogP) is 4.25. The molecular weight excluding hydrogens is 462 g/mol. The molecule has 2 aliphatic rings. The third-order valence-corrected chi connectivity index (χ3v) is 8.49. The number of benzene rings is 2. The zero-order valence-electron chi connectivity index (χ0n) is 20.4. The Labute approximate surface area is 208 Å². The zero-order chi connectivity index (χ0) is 24.7. The van der Waals surface area contributed by atoms with Crippen LogP contribution in [-0.4, -0.2) is 51.5 Å². The maximum Gasteiger partial charge on any atom is 0.251 e. The van der Waals surface area contributed by atoms with Crippen molar-refractivity contribution >= 4 is 21.6 Å². The van der Waals surface area contributed by atoms with Crippen molar-refractivity contribution < 1.29 is 17.9 Å². The van der Waals surface area contributed by atoms with Gasteiger partial charge in [0.25, 0.3) is 5.91 Å². The quantitative estimate of drug-likeness (QED) is 0.506. The number of nitrogens with one attached hydrogen (secondary N) is 2. The monoisotopic (exact) mass is 497 g/mol. The third kappa shape index (κ3) is 6.72. The van der Waals surface area contributed by atoms with E-state index < -0.39 is 10.0 Å². The van der Waals surface area contributed by atoms with Crippen LogP contribution < -0.4 is 10.6 Å². The number of carbonyl (C=O) groups excluding carboxylic acids is 1. The molecule has 0 atom stereocenters. The lowest BCUT2D eigenvalue weighted by atomic mass is 9.97. The summed E-state index contributed by atoms with van der Waals surface area (Å²) in [6.07, 6.45) is 7.76. The number of sulfonamides is 1. The topological polar surface area (TPSA) is 87.7 Å². The smallest absolute Gasteiger partial charge is 0.251 e. The largest absolute Gasteiger partial charge is 0.380 e. The van der Waals surface area contributed by atoms with E-state index in [0.717, 1.165) is 24.8 Å². The molecule has 0 bridgehead atoms. The van der Waals surface area contributed by atoms with Crippen molar-refractivity contribution in [2.75, 3.05) is 38.2 Å². The van der Waals surface area contributed by atoms with Crippen LogP contribution in [0.2, 0.25) is 0 Å². The van der Waals surface area contributed by atoms with Crippen molar-refractivity contribution in [2.45, 2.75) is 50.5 Å². The van der Waals surface area contributed by atoms with Crippen molar-refractivity contribution in [3.05, 3.63) is 70.8 Å². The summed E-state index contributed by atoms with van der Waals surface area (Å²) in [4.78, 5) is 13.0. The van der Waals surface area contributed by atoms with Crippen molar-refractivity contribution in [3.63, 3.8) is 0 Å². The lowest BCUT2D eigenvalue weighted by molar-refractivity contribution is 0.0730. The van der Waals surface area contributed by atoms with Gasteiger partial charge in [-0.1, -0.05) is 41.5 Å². The number of rotatable bonds is 9. The van der Waals surface area contributed by atoms with Gasteiger partial charge in [0.1, 0.15) is 4.90 Å². The number of hydrogen-bond acceptors (Lipinski definition) is 5. The molecule has 1 aliphatic heterocycles. The normalized spacial score (nSPS) is 17.0. The van der Waals surface area contributed by atoms with Crippen LogP contribution in [0.3, 0.4) is 0 Å². The Balaban J connectivity index is 1.52. The van der Waals surface area contributed by atoms with Crippen LogP contribution >= 0.6 is 0 Å². The van der Waals surface area contributed by atoms with Gasteiger partial charge in [0, 0.05) is 31.7 Å². The fraction of sp³-hybridized carbons (Fsp3) is 0.444. The number of carbonyl (C=O) groups is 1. The van der Waals surface area contributed by atoms with Crippen molar-refractivity contribution in [2.24, 2.45) is 0 Å². The molecule has 4 rings (SSSR count). The van der Waals surface area contributed by atoms with Gasteiger partial charge in [-0.15, -0.1) is 0 Å². The molecule has 0 saturated carbocycles. The predicted molar refractivity (Wildman–Crippen MR) is 138 cm³/mol. The summed E-state index contributed by atoms with van der Waals surface area (Å²) >= 11 is 0. The SMILES string of the molecule is Cc1ccc(CNc2ccc(C(=O)NCCC3=CCCCC3)cc2S(=O)(=O)N2CCOCC2)cc1. The molecule has 0 spiro atoms. The van der Waals surface area contributed by atoms with Gasteiger partial charge < -0.3 is 15.4 Å². The van der Waals surface area contributed by atoms with Crippen LogP contribution in [-0.2, 0) is 21.3 Å². The molecule has 8 heteroatoms. The molecule has 35 heavy (non-hydrogen) atoms. The Morgan fingerprint density at radius 3 is 2.54 bits per heavy atom. The summed E-state index contributed by atoms with van der Waals surface area (Å²) in [6, 6.07) is 13.0. The van der Waals surface area contributed by atoms with Gasteiger partial charge in [0.2, 0.25) is 10.0 Å². The minimum Gasteiger partial charge on any atom is -0.380 e. The molecule has 2 aromatic carbocycles. The van der Waals surface area contributed by atoms with E-state index in [1.54, 1.807) is 12.1 Å². The molecule has 188 valence electrons. The number of aryl methyl sites for hydroxylation is 1. The Morgan fingerprint density at radius 1 is 1.06 bits per heavy atom. The van der Waals surface area contributed by atoms with Gasteiger partial charge in [-0.05, 0) is 62.8 Å². The van der Waals surface area contributed by atoms with Crippen LogP contribution in [0.25, 0.3) is 0 Å². The van der Waals surface area contributed by atoms with E-state index in [2.05, 4.69) is 16.7 Å². The van der Waals surface area contributed by atoms with Crippen LogP contribution in [0.5, 0.6) is 0 Å². The summed E-state index contributed by atoms with van der Waals surface area (Å²) in [5, 5.41) is 6.23. The summed E-state index contributed by atoms with van der Waals surface area (Å²) in [7, 11) is -3.80. The van der Waals surface area contributed by atoms with Gasteiger partial charge >= 0.3 is 0 Å². The first kappa shape index (κ1) is 25.4. The zero-order valence-corrected chi connectivity index (χ0v) is 21.2. The third-order valence-electron chi connectivity index (χ3n) is 6.55. The maximum atomic E-state index is 13.6. The number of amides is 1. The van der Waals surface area contributed by atoms with Gasteiger partial charge in [-0.25, -0.2) is 8.42 Å². The second-order valence-corrected chi connectivity index (χ2v) is 11.1. The van der Waals surface area contributed by atoms with E-state index in [-0.39, 0.29) is 10.8 Å². The Kier molecular flexibility index (Phi) is 8.59. The second kappa shape index (κ2) is 11.8. The lowest BCUT2D eigenvalue weighted by Crippen LogP contribution is -2.41. The molecule has 1 heterocycles. The van der Waals surface area contributed by atoms with Gasteiger partial charge in [-0.2, -0.15) is 4.31 Å².